The van der Waals surface area contributed by atoms with Crippen LogP contribution in [0.1, 0.15) is 41.6 Å². The minimum atomic E-state index is -0.00949. The van der Waals surface area contributed by atoms with E-state index in [0.717, 1.165) is 12.8 Å². The molecule has 0 aliphatic heterocycles. The Kier molecular flexibility index (Phi) is 4.50. The summed E-state index contributed by atoms with van der Waals surface area (Å²) in [5, 5.41) is 9.71. The molecule has 2 unspecified atom stereocenters. The molecule has 1 aromatic rings. The molecule has 2 rings (SSSR count). The summed E-state index contributed by atoms with van der Waals surface area (Å²) in [5.74, 6) is 0.169. The Hall–Kier alpha value is -1.03. The molecule has 1 amide bonds. The molecule has 1 aliphatic carbocycles. The van der Waals surface area contributed by atoms with Crippen molar-refractivity contribution in [1.29, 1.82) is 0 Å². The van der Waals surface area contributed by atoms with Crippen LogP contribution < -0.4 is 0 Å². The summed E-state index contributed by atoms with van der Waals surface area (Å²) in [5.41, 5.74) is 1.24. The minimum absolute atomic E-state index is 0.00949. The van der Waals surface area contributed by atoms with Crippen LogP contribution in [0.3, 0.4) is 0 Å². The molecule has 0 radical (unpaired) electrons. The fourth-order valence-electron chi connectivity index (χ4n) is 2.70. The Morgan fingerprint density at radius 2 is 2.05 bits per heavy atom. The number of aromatic hydroxyl groups is 1. The zero-order chi connectivity index (χ0) is 14.0. The van der Waals surface area contributed by atoms with E-state index >= 15 is 0 Å². The zero-order valence-corrected chi connectivity index (χ0v) is 13.0. The summed E-state index contributed by atoms with van der Waals surface area (Å²) >= 11 is 3.69. The fraction of sp³-hybridized carbons (Fsp3) is 0.533. The first kappa shape index (κ1) is 14.4. The van der Waals surface area contributed by atoms with E-state index in [9.17, 15) is 9.90 Å². The average molecular weight is 326 g/mol. The summed E-state index contributed by atoms with van der Waals surface area (Å²) in [7, 11) is 1.86. The van der Waals surface area contributed by atoms with Crippen molar-refractivity contribution < 1.29 is 9.90 Å². The molecule has 0 heterocycles. The molecule has 1 aliphatic rings. The van der Waals surface area contributed by atoms with Gasteiger partial charge >= 0.3 is 0 Å². The van der Waals surface area contributed by atoms with Crippen molar-refractivity contribution in [3.8, 4) is 5.75 Å². The van der Waals surface area contributed by atoms with E-state index in [-0.39, 0.29) is 17.7 Å². The Morgan fingerprint density at radius 3 is 2.74 bits per heavy atom. The molecule has 1 N–H and O–H groups in total. The van der Waals surface area contributed by atoms with E-state index in [1.165, 1.54) is 12.8 Å². The molecular weight excluding hydrogens is 306 g/mol. The predicted octanol–water partition coefficient (Wildman–Crippen LogP) is 3.48. The minimum Gasteiger partial charge on any atom is -0.508 e. The van der Waals surface area contributed by atoms with Gasteiger partial charge in [0.1, 0.15) is 5.75 Å². The molecule has 1 aromatic carbocycles. The SMILES string of the molecule is Cc1c(O)cccc1C(=O)N(C)C1CCCCC1Br. The lowest BCUT2D eigenvalue weighted by Crippen LogP contribution is -2.44. The van der Waals surface area contributed by atoms with Crippen LogP contribution in [0.2, 0.25) is 0 Å². The van der Waals surface area contributed by atoms with Gasteiger partial charge in [0.05, 0.1) is 0 Å². The molecule has 19 heavy (non-hydrogen) atoms. The first-order valence-electron chi connectivity index (χ1n) is 6.72. The molecule has 0 bridgehead atoms. The standard InChI is InChI=1S/C15H20BrNO2/c1-10-11(6-5-9-14(10)18)15(19)17(2)13-8-4-3-7-12(13)16/h5-6,9,12-13,18H,3-4,7-8H2,1-2H3. The van der Waals surface area contributed by atoms with Gasteiger partial charge in [-0.15, -0.1) is 0 Å². The normalized spacial score (nSPS) is 23.1. The summed E-state index contributed by atoms with van der Waals surface area (Å²) < 4.78 is 0. The van der Waals surface area contributed by atoms with Gasteiger partial charge in [-0.05, 0) is 31.9 Å². The first-order chi connectivity index (χ1) is 9.02. The third-order valence-corrected chi connectivity index (χ3v) is 5.07. The Balaban J connectivity index is 2.21. The van der Waals surface area contributed by atoms with E-state index in [0.29, 0.717) is 16.0 Å². The van der Waals surface area contributed by atoms with Crippen molar-refractivity contribution in [3.05, 3.63) is 29.3 Å². The van der Waals surface area contributed by atoms with Gasteiger partial charge in [0.15, 0.2) is 0 Å². The van der Waals surface area contributed by atoms with Crippen molar-refractivity contribution in [1.82, 2.24) is 4.90 Å². The molecule has 0 spiro atoms. The maximum absolute atomic E-state index is 12.6. The molecule has 1 fully saturated rings. The summed E-state index contributed by atoms with van der Waals surface area (Å²) in [6.45, 7) is 1.78. The van der Waals surface area contributed by atoms with Crippen molar-refractivity contribution in [3.63, 3.8) is 0 Å². The third-order valence-electron chi connectivity index (χ3n) is 4.00. The number of phenols is 1. The van der Waals surface area contributed by atoms with Crippen LogP contribution >= 0.6 is 15.9 Å². The number of halogens is 1. The first-order valence-corrected chi connectivity index (χ1v) is 7.63. The molecule has 0 aromatic heterocycles. The number of rotatable bonds is 2. The average Bonchev–Trinajstić information content (AvgIpc) is 2.41. The number of hydrogen-bond acceptors (Lipinski definition) is 2. The topological polar surface area (TPSA) is 40.5 Å². The maximum atomic E-state index is 12.6. The van der Waals surface area contributed by atoms with E-state index < -0.39 is 0 Å². The zero-order valence-electron chi connectivity index (χ0n) is 11.4. The van der Waals surface area contributed by atoms with Gasteiger partial charge in [-0.2, -0.15) is 0 Å². The Bertz CT molecular complexity index is 475. The fourth-order valence-corrected chi connectivity index (χ4v) is 3.64. The highest BCUT2D eigenvalue weighted by molar-refractivity contribution is 9.09. The summed E-state index contributed by atoms with van der Waals surface area (Å²) in [4.78, 5) is 14.7. The lowest BCUT2D eigenvalue weighted by molar-refractivity contribution is 0.0703. The van der Waals surface area contributed by atoms with Gasteiger partial charge in [-0.3, -0.25) is 4.79 Å². The van der Waals surface area contributed by atoms with Crippen molar-refractivity contribution in [2.45, 2.75) is 43.5 Å². The number of hydrogen-bond donors (Lipinski definition) is 1. The maximum Gasteiger partial charge on any atom is 0.254 e. The van der Waals surface area contributed by atoms with Crippen LogP contribution in [-0.2, 0) is 0 Å². The number of alkyl halides is 1. The molecule has 3 nitrogen and oxygen atoms in total. The van der Waals surface area contributed by atoms with Gasteiger partial charge in [-0.1, -0.05) is 34.8 Å². The number of benzene rings is 1. The van der Waals surface area contributed by atoms with Crippen molar-refractivity contribution >= 4 is 21.8 Å². The third kappa shape index (κ3) is 2.94. The second-order valence-corrected chi connectivity index (χ2v) is 6.41. The summed E-state index contributed by atoms with van der Waals surface area (Å²) in [6.07, 6.45) is 4.54. The predicted molar refractivity (Wildman–Crippen MR) is 79.9 cm³/mol. The Labute approximate surface area is 122 Å². The quantitative estimate of drug-likeness (QED) is 0.846. The molecule has 0 saturated heterocycles. The van der Waals surface area contributed by atoms with Gasteiger partial charge in [0, 0.05) is 29.0 Å². The number of carbonyl (C=O) groups is 1. The molecule has 2 atom stereocenters. The number of nitrogens with zero attached hydrogens (tertiary/aromatic N) is 1. The lowest BCUT2D eigenvalue weighted by atomic mass is 9.93. The van der Waals surface area contributed by atoms with Crippen LogP contribution in [0.15, 0.2) is 18.2 Å². The lowest BCUT2D eigenvalue weighted by Gasteiger charge is -2.35. The van der Waals surface area contributed by atoms with E-state index in [4.69, 9.17) is 0 Å². The van der Waals surface area contributed by atoms with Gasteiger partial charge < -0.3 is 10.0 Å². The molecule has 4 heteroatoms. The van der Waals surface area contributed by atoms with Crippen LogP contribution in [0.4, 0.5) is 0 Å². The van der Waals surface area contributed by atoms with Crippen molar-refractivity contribution in [2.75, 3.05) is 7.05 Å². The van der Waals surface area contributed by atoms with Gasteiger partial charge in [0.2, 0.25) is 0 Å². The highest BCUT2D eigenvalue weighted by Crippen LogP contribution is 2.29. The molecule has 1 saturated carbocycles. The molecular formula is C15H20BrNO2. The second-order valence-electron chi connectivity index (χ2n) is 5.23. The number of phenolic OH excluding ortho intramolecular Hbond substituents is 1. The van der Waals surface area contributed by atoms with E-state index in [1.807, 2.05) is 11.9 Å². The summed E-state index contributed by atoms with van der Waals surface area (Å²) in [6, 6.07) is 5.35. The van der Waals surface area contributed by atoms with Crippen LogP contribution in [-0.4, -0.2) is 33.8 Å². The van der Waals surface area contributed by atoms with Crippen LogP contribution in [0.25, 0.3) is 0 Å². The van der Waals surface area contributed by atoms with Crippen molar-refractivity contribution in [2.24, 2.45) is 0 Å². The molecule has 104 valence electrons. The van der Waals surface area contributed by atoms with E-state index in [1.54, 1.807) is 25.1 Å². The van der Waals surface area contributed by atoms with Gasteiger partial charge in [-0.25, -0.2) is 0 Å². The number of carbonyl (C=O) groups excluding carboxylic acids is 1. The van der Waals surface area contributed by atoms with Crippen LogP contribution in [0, 0.1) is 6.92 Å². The second kappa shape index (κ2) is 5.95. The smallest absolute Gasteiger partial charge is 0.254 e. The highest BCUT2D eigenvalue weighted by atomic mass is 79.9. The monoisotopic (exact) mass is 325 g/mol. The van der Waals surface area contributed by atoms with Crippen LogP contribution in [0.5, 0.6) is 5.75 Å². The Morgan fingerprint density at radius 1 is 1.37 bits per heavy atom. The van der Waals surface area contributed by atoms with Gasteiger partial charge in [0.25, 0.3) is 5.91 Å². The highest BCUT2D eigenvalue weighted by Gasteiger charge is 2.30. The largest absolute Gasteiger partial charge is 0.508 e. The van der Waals surface area contributed by atoms with E-state index in [2.05, 4.69) is 15.9 Å². The number of amides is 1.